The van der Waals surface area contributed by atoms with Crippen LogP contribution in [0.15, 0.2) is 60.2 Å². The van der Waals surface area contributed by atoms with Crippen molar-refractivity contribution < 1.29 is 4.74 Å². The molecule has 1 aliphatic carbocycles. The minimum Gasteiger partial charge on any atom is -0.473 e. The Labute approximate surface area is 107 Å². The van der Waals surface area contributed by atoms with Crippen LogP contribution in [0, 0.1) is 0 Å². The van der Waals surface area contributed by atoms with Gasteiger partial charge in [0.25, 0.3) is 0 Å². The van der Waals surface area contributed by atoms with Crippen molar-refractivity contribution in [3.05, 3.63) is 60.2 Å². The summed E-state index contributed by atoms with van der Waals surface area (Å²) >= 11 is 0. The summed E-state index contributed by atoms with van der Waals surface area (Å²) in [6.07, 6.45) is 8.79. The van der Waals surface area contributed by atoms with E-state index < -0.39 is 0 Å². The Hall–Kier alpha value is -2.09. The third-order valence-electron chi connectivity index (χ3n) is 3.03. The van der Waals surface area contributed by atoms with Crippen LogP contribution in [0.5, 0.6) is 5.88 Å². The van der Waals surface area contributed by atoms with Gasteiger partial charge in [0.15, 0.2) is 0 Å². The molecule has 0 saturated carbocycles. The first-order chi connectivity index (χ1) is 8.92. The molecule has 1 aromatic heterocycles. The molecule has 1 aromatic carbocycles. The van der Waals surface area contributed by atoms with Gasteiger partial charge in [0.05, 0.1) is 5.52 Å². The highest BCUT2D eigenvalue weighted by Gasteiger charge is 2.01. The molecule has 2 nitrogen and oxygen atoms in total. The molecule has 18 heavy (non-hydrogen) atoms. The van der Waals surface area contributed by atoms with E-state index in [2.05, 4.69) is 29.3 Å². The second-order valence-electron chi connectivity index (χ2n) is 4.39. The normalized spacial score (nSPS) is 14.6. The number of ether oxygens (including phenoxy) is 1. The van der Waals surface area contributed by atoms with Gasteiger partial charge >= 0.3 is 0 Å². The third-order valence-corrected chi connectivity index (χ3v) is 3.03. The third kappa shape index (κ3) is 2.43. The lowest BCUT2D eigenvalue weighted by molar-refractivity contribution is 0.342. The number of aromatic nitrogens is 1. The first-order valence-corrected chi connectivity index (χ1v) is 6.26. The fourth-order valence-corrected chi connectivity index (χ4v) is 2.06. The molecule has 2 heteroatoms. The highest BCUT2D eigenvalue weighted by Crippen LogP contribution is 2.17. The predicted octanol–water partition coefficient (Wildman–Crippen LogP) is 3.89. The molecule has 2 aromatic rings. The summed E-state index contributed by atoms with van der Waals surface area (Å²) in [5.41, 5.74) is 2.21. The van der Waals surface area contributed by atoms with E-state index in [0.29, 0.717) is 12.5 Å². The van der Waals surface area contributed by atoms with Crippen molar-refractivity contribution in [2.24, 2.45) is 0 Å². The summed E-state index contributed by atoms with van der Waals surface area (Å²) in [4.78, 5) is 4.49. The van der Waals surface area contributed by atoms with E-state index in [0.717, 1.165) is 23.7 Å². The SMILES string of the molecule is C1=CC(COc2ccc3ccccc3n2)=CCC1. The van der Waals surface area contributed by atoms with Gasteiger partial charge in [0.2, 0.25) is 5.88 Å². The van der Waals surface area contributed by atoms with Gasteiger partial charge < -0.3 is 4.74 Å². The Kier molecular flexibility index (Phi) is 3.09. The molecule has 0 amide bonds. The van der Waals surface area contributed by atoms with Crippen molar-refractivity contribution in [1.82, 2.24) is 4.98 Å². The average molecular weight is 237 g/mol. The molecular formula is C16H15NO. The molecule has 3 rings (SSSR count). The number of para-hydroxylation sites is 1. The Morgan fingerprint density at radius 3 is 2.89 bits per heavy atom. The van der Waals surface area contributed by atoms with Gasteiger partial charge in [-0.25, -0.2) is 4.98 Å². The Bertz CT molecular complexity index is 613. The molecule has 0 spiro atoms. The maximum absolute atomic E-state index is 5.72. The number of rotatable bonds is 3. The predicted molar refractivity (Wildman–Crippen MR) is 73.7 cm³/mol. The molecule has 1 aliphatic rings. The van der Waals surface area contributed by atoms with Crippen LogP contribution < -0.4 is 4.74 Å². The molecular weight excluding hydrogens is 222 g/mol. The van der Waals surface area contributed by atoms with E-state index in [9.17, 15) is 0 Å². The maximum Gasteiger partial charge on any atom is 0.214 e. The van der Waals surface area contributed by atoms with Crippen molar-refractivity contribution in [3.63, 3.8) is 0 Å². The van der Waals surface area contributed by atoms with E-state index >= 15 is 0 Å². The molecule has 0 radical (unpaired) electrons. The summed E-state index contributed by atoms with van der Waals surface area (Å²) in [6.45, 7) is 0.599. The molecule has 0 fully saturated rings. The van der Waals surface area contributed by atoms with E-state index in [4.69, 9.17) is 4.74 Å². The van der Waals surface area contributed by atoms with Crippen LogP contribution in [0.25, 0.3) is 10.9 Å². The number of fused-ring (bicyclic) bond motifs is 1. The Morgan fingerprint density at radius 1 is 1.06 bits per heavy atom. The molecule has 90 valence electrons. The topological polar surface area (TPSA) is 22.1 Å². The van der Waals surface area contributed by atoms with E-state index in [1.54, 1.807) is 0 Å². The zero-order chi connectivity index (χ0) is 12.2. The van der Waals surface area contributed by atoms with Crippen molar-refractivity contribution in [2.45, 2.75) is 12.8 Å². The zero-order valence-electron chi connectivity index (χ0n) is 10.2. The van der Waals surface area contributed by atoms with Crippen molar-refractivity contribution in [1.29, 1.82) is 0 Å². The van der Waals surface area contributed by atoms with Gasteiger partial charge in [-0.2, -0.15) is 0 Å². The van der Waals surface area contributed by atoms with Crippen LogP contribution in [-0.2, 0) is 0 Å². The second-order valence-corrected chi connectivity index (χ2v) is 4.39. The molecule has 0 unspecified atom stereocenters. The number of benzene rings is 1. The summed E-state index contributed by atoms with van der Waals surface area (Å²) < 4.78 is 5.72. The lowest BCUT2D eigenvalue weighted by Gasteiger charge is -2.09. The lowest BCUT2D eigenvalue weighted by Crippen LogP contribution is -2.02. The number of allylic oxidation sites excluding steroid dienone is 2. The van der Waals surface area contributed by atoms with Crippen LogP contribution >= 0.6 is 0 Å². The number of nitrogens with zero attached hydrogens (tertiary/aromatic N) is 1. The van der Waals surface area contributed by atoms with Crippen LogP contribution in [0.1, 0.15) is 12.8 Å². The largest absolute Gasteiger partial charge is 0.473 e. The zero-order valence-corrected chi connectivity index (χ0v) is 10.2. The second kappa shape index (κ2) is 5.05. The summed E-state index contributed by atoms with van der Waals surface area (Å²) in [6, 6.07) is 12.0. The van der Waals surface area contributed by atoms with Gasteiger partial charge in [-0.15, -0.1) is 0 Å². The van der Waals surface area contributed by atoms with E-state index in [-0.39, 0.29) is 0 Å². The molecule has 0 saturated heterocycles. The minimum atomic E-state index is 0.599. The summed E-state index contributed by atoms with van der Waals surface area (Å²) in [5, 5.41) is 1.14. The van der Waals surface area contributed by atoms with Gasteiger partial charge in [-0.1, -0.05) is 36.4 Å². The summed E-state index contributed by atoms with van der Waals surface area (Å²) in [7, 11) is 0. The van der Waals surface area contributed by atoms with Crippen LogP contribution in [-0.4, -0.2) is 11.6 Å². The smallest absolute Gasteiger partial charge is 0.214 e. The van der Waals surface area contributed by atoms with Gasteiger partial charge in [0, 0.05) is 11.5 Å². The van der Waals surface area contributed by atoms with E-state index in [1.807, 2.05) is 30.3 Å². The van der Waals surface area contributed by atoms with Crippen LogP contribution in [0.4, 0.5) is 0 Å². The minimum absolute atomic E-state index is 0.599. The summed E-state index contributed by atoms with van der Waals surface area (Å²) in [5.74, 6) is 0.688. The fourth-order valence-electron chi connectivity index (χ4n) is 2.06. The molecule has 0 aliphatic heterocycles. The number of hydrogen-bond donors (Lipinski definition) is 0. The highest BCUT2D eigenvalue weighted by molar-refractivity contribution is 5.78. The molecule has 0 N–H and O–H groups in total. The molecule has 0 bridgehead atoms. The van der Waals surface area contributed by atoms with Crippen molar-refractivity contribution in [2.75, 3.05) is 6.61 Å². The average Bonchev–Trinajstić information content (AvgIpc) is 2.46. The number of hydrogen-bond acceptors (Lipinski definition) is 2. The van der Waals surface area contributed by atoms with Gasteiger partial charge in [-0.05, 0) is 30.5 Å². The first kappa shape index (κ1) is 11.0. The monoisotopic (exact) mass is 237 g/mol. The number of pyridine rings is 1. The van der Waals surface area contributed by atoms with Crippen molar-refractivity contribution in [3.8, 4) is 5.88 Å². The van der Waals surface area contributed by atoms with Gasteiger partial charge in [0.1, 0.15) is 6.61 Å². The van der Waals surface area contributed by atoms with E-state index in [1.165, 1.54) is 5.57 Å². The van der Waals surface area contributed by atoms with Crippen molar-refractivity contribution >= 4 is 10.9 Å². The fraction of sp³-hybridized carbons (Fsp3) is 0.188. The standard InChI is InChI=1S/C16H15NO/c1-2-6-13(7-3-1)12-18-16-11-10-14-8-4-5-9-15(14)17-16/h2,4-11H,1,3,12H2. The quantitative estimate of drug-likeness (QED) is 0.808. The van der Waals surface area contributed by atoms with Gasteiger partial charge in [-0.3, -0.25) is 0 Å². The molecule has 1 heterocycles. The maximum atomic E-state index is 5.72. The lowest BCUT2D eigenvalue weighted by atomic mass is 10.1. The van der Waals surface area contributed by atoms with Crippen LogP contribution in [0.3, 0.4) is 0 Å². The first-order valence-electron chi connectivity index (χ1n) is 6.26. The molecule has 0 atom stereocenters. The highest BCUT2D eigenvalue weighted by atomic mass is 16.5. The van der Waals surface area contributed by atoms with Crippen LogP contribution in [0.2, 0.25) is 0 Å². The Balaban J connectivity index is 1.74. The Morgan fingerprint density at radius 2 is 2.00 bits per heavy atom.